The molecule has 78 valence electrons. The van der Waals surface area contributed by atoms with Gasteiger partial charge in [0.05, 0.1) is 6.04 Å². The molecule has 0 aliphatic carbocycles. The number of nitrogens with zero attached hydrogens (tertiary/aromatic N) is 3. The van der Waals surface area contributed by atoms with Crippen LogP contribution in [-0.4, -0.2) is 35.8 Å². The fraction of sp³-hybridized carbons (Fsp3) is 0.778. The third-order valence-corrected chi connectivity index (χ3v) is 2.43. The Morgan fingerprint density at radius 2 is 2.36 bits per heavy atom. The molecule has 0 radical (unpaired) electrons. The number of aryl methyl sites for hydroxylation is 1. The van der Waals surface area contributed by atoms with E-state index in [2.05, 4.69) is 27.3 Å². The predicted molar refractivity (Wildman–Crippen MR) is 53.3 cm³/mol. The third-order valence-electron chi connectivity index (χ3n) is 2.43. The molecule has 0 spiro atoms. The molecule has 1 aromatic heterocycles. The summed E-state index contributed by atoms with van der Waals surface area (Å²) in [4.78, 5) is 6.44. The molecule has 1 aliphatic heterocycles. The molecule has 2 rings (SSSR count). The van der Waals surface area contributed by atoms with Crippen molar-refractivity contribution in [2.24, 2.45) is 0 Å². The van der Waals surface area contributed by atoms with E-state index in [4.69, 9.17) is 4.52 Å². The van der Waals surface area contributed by atoms with Gasteiger partial charge in [-0.1, -0.05) is 12.1 Å². The van der Waals surface area contributed by atoms with E-state index in [0.717, 1.165) is 26.1 Å². The van der Waals surface area contributed by atoms with Crippen LogP contribution in [0.1, 0.15) is 19.2 Å². The van der Waals surface area contributed by atoms with Crippen LogP contribution in [0.15, 0.2) is 4.52 Å². The number of nitrogens with one attached hydrogen (secondary N) is 1. The second kappa shape index (κ2) is 3.96. The molecular formula is C9H16N4O. The first-order valence-electron chi connectivity index (χ1n) is 5.09. The molecular weight excluding hydrogens is 180 g/mol. The Bertz CT molecular complexity index is 295. The highest BCUT2D eigenvalue weighted by atomic mass is 16.5. The molecule has 1 N–H and O–H groups in total. The zero-order chi connectivity index (χ0) is 9.97. The lowest BCUT2D eigenvalue weighted by Crippen LogP contribution is -2.57. The zero-order valence-corrected chi connectivity index (χ0v) is 8.66. The van der Waals surface area contributed by atoms with Crippen LogP contribution in [0, 0.1) is 6.92 Å². The molecule has 1 fully saturated rings. The highest BCUT2D eigenvalue weighted by Crippen LogP contribution is 2.16. The van der Waals surface area contributed by atoms with E-state index in [9.17, 15) is 0 Å². The van der Waals surface area contributed by atoms with Gasteiger partial charge in [0.15, 0.2) is 5.82 Å². The SMILES string of the molecule is CCCN(c1nc(C)no1)C1CNC1. The van der Waals surface area contributed by atoms with Crippen molar-refractivity contribution >= 4 is 6.01 Å². The van der Waals surface area contributed by atoms with Crippen LogP contribution in [0.25, 0.3) is 0 Å². The van der Waals surface area contributed by atoms with Gasteiger partial charge < -0.3 is 14.7 Å². The van der Waals surface area contributed by atoms with Crippen molar-refractivity contribution < 1.29 is 4.52 Å². The Morgan fingerprint density at radius 1 is 1.57 bits per heavy atom. The minimum absolute atomic E-state index is 0.523. The molecule has 0 bridgehead atoms. The van der Waals surface area contributed by atoms with Crippen LogP contribution in [0.4, 0.5) is 6.01 Å². The second-order valence-electron chi connectivity index (χ2n) is 3.63. The second-order valence-corrected chi connectivity index (χ2v) is 3.63. The Balaban J connectivity index is 2.09. The monoisotopic (exact) mass is 196 g/mol. The first kappa shape index (κ1) is 9.45. The Hall–Kier alpha value is -1.10. The summed E-state index contributed by atoms with van der Waals surface area (Å²) in [7, 11) is 0. The van der Waals surface area contributed by atoms with Crippen LogP contribution < -0.4 is 10.2 Å². The maximum absolute atomic E-state index is 5.17. The van der Waals surface area contributed by atoms with Crippen molar-refractivity contribution in [3.05, 3.63) is 5.82 Å². The zero-order valence-electron chi connectivity index (χ0n) is 8.66. The van der Waals surface area contributed by atoms with Gasteiger partial charge in [0.1, 0.15) is 0 Å². The van der Waals surface area contributed by atoms with E-state index >= 15 is 0 Å². The lowest BCUT2D eigenvalue weighted by atomic mass is 10.1. The minimum Gasteiger partial charge on any atom is -0.319 e. The van der Waals surface area contributed by atoms with Crippen LogP contribution >= 0.6 is 0 Å². The molecule has 0 saturated carbocycles. The van der Waals surface area contributed by atoms with Crippen LogP contribution in [-0.2, 0) is 0 Å². The molecule has 1 aromatic rings. The smallest absolute Gasteiger partial charge is 0.319 e. The van der Waals surface area contributed by atoms with Crippen molar-refractivity contribution in [1.82, 2.24) is 15.5 Å². The van der Waals surface area contributed by atoms with E-state index in [-0.39, 0.29) is 0 Å². The Labute approximate surface area is 83.5 Å². The molecule has 14 heavy (non-hydrogen) atoms. The van der Waals surface area contributed by atoms with Gasteiger partial charge in [-0.15, -0.1) is 0 Å². The van der Waals surface area contributed by atoms with Gasteiger partial charge in [-0.2, -0.15) is 4.98 Å². The largest absolute Gasteiger partial charge is 0.324 e. The molecule has 0 unspecified atom stereocenters. The van der Waals surface area contributed by atoms with Crippen molar-refractivity contribution in [1.29, 1.82) is 0 Å². The average Bonchev–Trinajstić information content (AvgIpc) is 2.48. The maximum Gasteiger partial charge on any atom is 0.324 e. The van der Waals surface area contributed by atoms with Gasteiger partial charge in [0.2, 0.25) is 0 Å². The number of rotatable bonds is 4. The van der Waals surface area contributed by atoms with Crippen molar-refractivity contribution in [3.8, 4) is 0 Å². The van der Waals surface area contributed by atoms with E-state index in [1.165, 1.54) is 0 Å². The van der Waals surface area contributed by atoms with Gasteiger partial charge in [-0.05, 0) is 13.3 Å². The van der Waals surface area contributed by atoms with Gasteiger partial charge >= 0.3 is 6.01 Å². The van der Waals surface area contributed by atoms with Gasteiger partial charge in [-0.25, -0.2) is 0 Å². The normalized spacial score (nSPS) is 16.7. The lowest BCUT2D eigenvalue weighted by Gasteiger charge is -2.36. The average molecular weight is 196 g/mol. The molecule has 0 atom stereocenters. The van der Waals surface area contributed by atoms with Crippen molar-refractivity contribution in [2.45, 2.75) is 26.3 Å². The van der Waals surface area contributed by atoms with Crippen LogP contribution in [0.5, 0.6) is 0 Å². The molecule has 1 saturated heterocycles. The molecule has 5 nitrogen and oxygen atoms in total. The Kier molecular flexibility index (Phi) is 2.67. The van der Waals surface area contributed by atoms with Crippen molar-refractivity contribution in [3.63, 3.8) is 0 Å². The standard InChI is InChI=1S/C9H16N4O/c1-3-4-13(8-5-10-6-8)9-11-7(2)12-14-9/h8,10H,3-6H2,1-2H3. The number of aromatic nitrogens is 2. The van der Waals surface area contributed by atoms with E-state index in [1.54, 1.807) is 0 Å². The van der Waals surface area contributed by atoms with Gasteiger partial charge in [-0.3, -0.25) is 0 Å². The summed E-state index contributed by atoms with van der Waals surface area (Å²) < 4.78 is 5.17. The first-order valence-corrected chi connectivity index (χ1v) is 5.09. The molecule has 1 aliphatic rings. The summed E-state index contributed by atoms with van der Waals surface area (Å²) >= 11 is 0. The van der Waals surface area contributed by atoms with E-state index in [0.29, 0.717) is 17.9 Å². The van der Waals surface area contributed by atoms with E-state index in [1.807, 2.05) is 6.92 Å². The van der Waals surface area contributed by atoms with Gasteiger partial charge in [0.25, 0.3) is 0 Å². The summed E-state index contributed by atoms with van der Waals surface area (Å²) in [5.41, 5.74) is 0. The van der Waals surface area contributed by atoms with Crippen molar-refractivity contribution in [2.75, 3.05) is 24.5 Å². The highest BCUT2D eigenvalue weighted by Gasteiger charge is 2.27. The maximum atomic E-state index is 5.17. The molecule has 0 amide bonds. The Morgan fingerprint density at radius 3 is 2.79 bits per heavy atom. The molecule has 2 heterocycles. The highest BCUT2D eigenvalue weighted by molar-refractivity contribution is 5.29. The minimum atomic E-state index is 0.523. The van der Waals surface area contributed by atoms with E-state index < -0.39 is 0 Å². The topological polar surface area (TPSA) is 54.2 Å². The first-order chi connectivity index (χ1) is 6.81. The summed E-state index contributed by atoms with van der Waals surface area (Å²) in [6, 6.07) is 1.19. The number of hydrogen-bond acceptors (Lipinski definition) is 5. The van der Waals surface area contributed by atoms with Crippen LogP contribution in [0.3, 0.4) is 0 Å². The quantitative estimate of drug-likeness (QED) is 0.762. The third kappa shape index (κ3) is 1.72. The fourth-order valence-corrected chi connectivity index (χ4v) is 1.57. The van der Waals surface area contributed by atoms with Gasteiger partial charge in [0, 0.05) is 19.6 Å². The molecule has 5 heteroatoms. The summed E-state index contributed by atoms with van der Waals surface area (Å²) in [6.45, 7) is 7.01. The summed E-state index contributed by atoms with van der Waals surface area (Å²) in [6.07, 6.45) is 1.10. The number of anilines is 1. The van der Waals surface area contributed by atoms with Crippen LogP contribution in [0.2, 0.25) is 0 Å². The summed E-state index contributed by atoms with van der Waals surface area (Å²) in [5, 5.41) is 7.06. The lowest BCUT2D eigenvalue weighted by molar-refractivity contribution is 0.355. The fourth-order valence-electron chi connectivity index (χ4n) is 1.57. The summed E-state index contributed by atoms with van der Waals surface area (Å²) in [5.74, 6) is 0.702. The molecule has 0 aromatic carbocycles. The predicted octanol–water partition coefficient (Wildman–Crippen LogP) is 0.566. The number of hydrogen-bond donors (Lipinski definition) is 1.